The molecular formula is C30H37FN8O2. The molecule has 41 heavy (non-hydrogen) atoms. The van der Waals surface area contributed by atoms with E-state index in [1.807, 2.05) is 28.0 Å². The second-order valence-corrected chi connectivity index (χ2v) is 12.0. The van der Waals surface area contributed by atoms with Gasteiger partial charge in [0.1, 0.15) is 17.5 Å². The number of halogens is 1. The first-order valence-corrected chi connectivity index (χ1v) is 15.0. The number of hydrogen-bond donors (Lipinski definition) is 2. The van der Waals surface area contributed by atoms with Crippen LogP contribution in [0.2, 0.25) is 0 Å². The molecular weight excluding hydrogens is 523 g/mol. The zero-order valence-electron chi connectivity index (χ0n) is 23.5. The molecule has 0 aromatic carbocycles. The van der Waals surface area contributed by atoms with Crippen molar-refractivity contribution in [2.24, 2.45) is 0 Å². The minimum absolute atomic E-state index is 0.0473. The summed E-state index contributed by atoms with van der Waals surface area (Å²) in [5.74, 6) is 1.99. The smallest absolute Gasteiger partial charge is 0.237 e. The topological polar surface area (TPSA) is 111 Å². The summed E-state index contributed by atoms with van der Waals surface area (Å²) in [4.78, 5) is 38.3. The van der Waals surface area contributed by atoms with Crippen LogP contribution < -0.4 is 10.2 Å². The summed E-state index contributed by atoms with van der Waals surface area (Å²) in [7, 11) is 0. The fourth-order valence-electron chi connectivity index (χ4n) is 7.00. The van der Waals surface area contributed by atoms with E-state index in [9.17, 15) is 14.3 Å². The number of aliphatic hydroxyl groups is 1. The average Bonchev–Trinajstić information content (AvgIpc) is 3.57. The molecule has 7 heterocycles. The SMILES string of the molecule is CC(O)c1cc2cnc(Nc3ccc4c(n3)CCN(C(=O)CN3CCCC(F)C3)C4)nc2c(N2C3CCC2CC3)n1. The van der Waals surface area contributed by atoms with Gasteiger partial charge in [0.05, 0.1) is 18.3 Å². The lowest BCUT2D eigenvalue weighted by molar-refractivity contribution is -0.133. The Hall–Kier alpha value is -3.44. The fraction of sp³-hybridized carbons (Fsp3) is 0.567. The van der Waals surface area contributed by atoms with E-state index in [4.69, 9.17) is 15.0 Å². The van der Waals surface area contributed by atoms with Gasteiger partial charge in [-0.1, -0.05) is 6.07 Å². The summed E-state index contributed by atoms with van der Waals surface area (Å²) in [6.07, 6.45) is 7.01. The number of anilines is 3. The molecule has 3 fully saturated rings. The number of rotatable bonds is 6. The molecule has 11 heteroatoms. The molecule has 2 atom stereocenters. The lowest BCUT2D eigenvalue weighted by atomic mass is 10.0. The van der Waals surface area contributed by atoms with E-state index in [0.717, 1.165) is 40.9 Å². The van der Waals surface area contributed by atoms with Crippen molar-refractivity contribution in [1.29, 1.82) is 0 Å². The van der Waals surface area contributed by atoms with Gasteiger partial charge in [-0.15, -0.1) is 0 Å². The number of aliphatic hydroxyl groups excluding tert-OH is 1. The van der Waals surface area contributed by atoms with Crippen LogP contribution in [0.15, 0.2) is 24.4 Å². The van der Waals surface area contributed by atoms with Crippen LogP contribution in [0.1, 0.15) is 68.5 Å². The maximum absolute atomic E-state index is 13.8. The van der Waals surface area contributed by atoms with Crippen molar-refractivity contribution in [3.05, 3.63) is 41.3 Å². The van der Waals surface area contributed by atoms with Crippen LogP contribution in [0.3, 0.4) is 0 Å². The molecule has 0 aliphatic carbocycles. The van der Waals surface area contributed by atoms with Crippen molar-refractivity contribution >= 4 is 34.4 Å². The van der Waals surface area contributed by atoms with E-state index in [1.165, 1.54) is 25.7 Å². The number of alkyl halides is 1. The molecule has 0 spiro atoms. The van der Waals surface area contributed by atoms with Crippen molar-refractivity contribution in [3.63, 3.8) is 0 Å². The van der Waals surface area contributed by atoms with Gasteiger partial charge in [0.2, 0.25) is 11.9 Å². The number of aromatic nitrogens is 4. The van der Waals surface area contributed by atoms with Crippen LogP contribution >= 0.6 is 0 Å². The Labute approximate surface area is 239 Å². The van der Waals surface area contributed by atoms with Gasteiger partial charge >= 0.3 is 0 Å². The summed E-state index contributed by atoms with van der Waals surface area (Å²) >= 11 is 0. The summed E-state index contributed by atoms with van der Waals surface area (Å²) in [5.41, 5.74) is 3.40. The second-order valence-electron chi connectivity index (χ2n) is 12.0. The fourth-order valence-corrected chi connectivity index (χ4v) is 7.00. The Bertz CT molecular complexity index is 1450. The van der Waals surface area contributed by atoms with Crippen LogP contribution in [0.25, 0.3) is 10.9 Å². The highest BCUT2D eigenvalue weighted by Crippen LogP contribution is 2.42. The molecule has 7 rings (SSSR count). The Kier molecular flexibility index (Phi) is 6.94. The van der Waals surface area contributed by atoms with Gasteiger partial charge in [-0.3, -0.25) is 9.69 Å². The third kappa shape index (κ3) is 5.21. The lowest BCUT2D eigenvalue weighted by Gasteiger charge is -2.33. The zero-order chi connectivity index (χ0) is 28.1. The van der Waals surface area contributed by atoms with Crippen molar-refractivity contribution in [2.75, 3.05) is 36.4 Å². The Morgan fingerprint density at radius 3 is 2.68 bits per heavy atom. The molecule has 2 N–H and O–H groups in total. The third-order valence-corrected chi connectivity index (χ3v) is 9.14. The monoisotopic (exact) mass is 560 g/mol. The van der Waals surface area contributed by atoms with Crippen molar-refractivity contribution in [1.82, 2.24) is 29.7 Å². The summed E-state index contributed by atoms with van der Waals surface area (Å²) in [6.45, 7) is 4.25. The molecule has 0 radical (unpaired) electrons. The predicted molar refractivity (Wildman–Crippen MR) is 154 cm³/mol. The Morgan fingerprint density at radius 1 is 1.12 bits per heavy atom. The first-order valence-electron chi connectivity index (χ1n) is 15.0. The van der Waals surface area contributed by atoms with Crippen LogP contribution in [0.5, 0.6) is 0 Å². The van der Waals surface area contributed by atoms with E-state index >= 15 is 0 Å². The maximum atomic E-state index is 13.8. The normalized spacial score (nSPS) is 25.0. The van der Waals surface area contributed by atoms with Gasteiger partial charge in [-0.25, -0.2) is 24.3 Å². The summed E-state index contributed by atoms with van der Waals surface area (Å²) in [5, 5.41) is 14.4. The predicted octanol–water partition coefficient (Wildman–Crippen LogP) is 3.67. The maximum Gasteiger partial charge on any atom is 0.237 e. The first kappa shape index (κ1) is 26.5. The molecule has 1 amide bonds. The van der Waals surface area contributed by atoms with Gasteiger partial charge in [0, 0.05) is 55.4 Å². The number of piperidine rings is 1. The van der Waals surface area contributed by atoms with Crippen molar-refractivity contribution < 1.29 is 14.3 Å². The highest BCUT2D eigenvalue weighted by Gasteiger charge is 2.41. The minimum atomic E-state index is -0.833. The second kappa shape index (κ2) is 10.8. The minimum Gasteiger partial charge on any atom is -0.387 e. The van der Waals surface area contributed by atoms with Gasteiger partial charge < -0.3 is 20.2 Å². The number of nitrogens with one attached hydrogen (secondary N) is 1. The van der Waals surface area contributed by atoms with Crippen molar-refractivity contribution in [2.45, 2.75) is 82.8 Å². The van der Waals surface area contributed by atoms with Crippen LogP contribution in [0, 0.1) is 0 Å². The van der Waals surface area contributed by atoms with Gasteiger partial charge in [-0.2, -0.15) is 0 Å². The van der Waals surface area contributed by atoms with E-state index < -0.39 is 12.3 Å². The number of hydrogen-bond acceptors (Lipinski definition) is 9. The third-order valence-electron chi connectivity index (χ3n) is 9.14. The van der Waals surface area contributed by atoms with Crippen LogP contribution in [-0.2, 0) is 17.8 Å². The Balaban J connectivity index is 1.09. The standard InChI is InChI=1S/C30H37FN8O2/c1-18(40)25-13-20-14-32-30(36-28(20)29(34-25)39-22-5-6-23(39)8-7-22)35-26-9-4-19-15-38(12-10-24(19)33-26)27(41)17-37-11-2-3-21(31)16-37/h4,9,13-14,18,21-23,40H,2-3,5-8,10-12,15-17H2,1H3,(H,32,33,35,36). The van der Waals surface area contributed by atoms with Crippen LogP contribution in [-0.4, -0.2) is 85.2 Å². The highest BCUT2D eigenvalue weighted by atomic mass is 19.1. The molecule has 4 aliphatic rings. The van der Waals surface area contributed by atoms with E-state index in [0.29, 0.717) is 62.0 Å². The molecule has 0 saturated carbocycles. The van der Waals surface area contributed by atoms with E-state index in [-0.39, 0.29) is 12.5 Å². The van der Waals surface area contributed by atoms with Gasteiger partial charge in [0.25, 0.3) is 0 Å². The molecule has 4 aliphatic heterocycles. The van der Waals surface area contributed by atoms with Crippen molar-refractivity contribution in [3.8, 4) is 0 Å². The highest BCUT2D eigenvalue weighted by molar-refractivity contribution is 5.90. The molecule has 2 unspecified atom stereocenters. The number of likely N-dealkylation sites (tertiary alicyclic amines) is 1. The number of pyridine rings is 2. The summed E-state index contributed by atoms with van der Waals surface area (Å²) in [6, 6.07) is 6.72. The number of carbonyl (C=O) groups is 1. The molecule has 2 bridgehead atoms. The number of fused-ring (bicyclic) bond motifs is 4. The largest absolute Gasteiger partial charge is 0.387 e. The summed E-state index contributed by atoms with van der Waals surface area (Å²) < 4.78 is 13.8. The molecule has 3 saturated heterocycles. The number of carbonyl (C=O) groups excluding carboxylic acids is 1. The molecule has 216 valence electrons. The van der Waals surface area contributed by atoms with E-state index in [2.05, 4.69) is 15.2 Å². The van der Waals surface area contributed by atoms with Gasteiger partial charge in [-0.05, 0) is 69.7 Å². The Morgan fingerprint density at radius 2 is 1.93 bits per heavy atom. The molecule has 3 aromatic rings. The quantitative estimate of drug-likeness (QED) is 0.467. The number of amides is 1. The van der Waals surface area contributed by atoms with Crippen LogP contribution in [0.4, 0.5) is 22.0 Å². The van der Waals surface area contributed by atoms with E-state index in [1.54, 1.807) is 13.1 Å². The zero-order valence-corrected chi connectivity index (χ0v) is 23.5. The lowest BCUT2D eigenvalue weighted by Crippen LogP contribution is -2.46. The van der Waals surface area contributed by atoms with Gasteiger partial charge in [0.15, 0.2) is 5.82 Å². The molecule has 3 aromatic heterocycles. The number of nitrogens with zero attached hydrogens (tertiary/aromatic N) is 7. The molecule has 10 nitrogen and oxygen atoms in total. The average molecular weight is 561 g/mol. The first-order chi connectivity index (χ1) is 19.9.